The van der Waals surface area contributed by atoms with Gasteiger partial charge in [0.15, 0.2) is 0 Å². The van der Waals surface area contributed by atoms with Crippen molar-refractivity contribution in [3.63, 3.8) is 0 Å². The second-order valence-corrected chi connectivity index (χ2v) is 7.29. The van der Waals surface area contributed by atoms with E-state index in [9.17, 15) is 4.79 Å². The zero-order valence-corrected chi connectivity index (χ0v) is 14.2. The predicted molar refractivity (Wildman–Crippen MR) is 91.8 cm³/mol. The van der Waals surface area contributed by atoms with Gasteiger partial charge in [0.05, 0.1) is 0 Å². The van der Waals surface area contributed by atoms with Gasteiger partial charge in [0.2, 0.25) is 0 Å². The van der Waals surface area contributed by atoms with E-state index in [4.69, 9.17) is 5.73 Å². The maximum Gasteiger partial charge on any atom is 0.139 e. The molecule has 0 radical (unpaired) electrons. The van der Waals surface area contributed by atoms with Gasteiger partial charge in [-0.1, -0.05) is 26.8 Å². The average molecular weight is 299 g/mol. The van der Waals surface area contributed by atoms with Gasteiger partial charge in [-0.2, -0.15) is 0 Å². The van der Waals surface area contributed by atoms with Crippen molar-refractivity contribution in [1.29, 1.82) is 0 Å². The topological polar surface area (TPSA) is 43.1 Å². The first-order valence-electron chi connectivity index (χ1n) is 9.01. The van der Waals surface area contributed by atoms with E-state index < -0.39 is 0 Å². The van der Waals surface area contributed by atoms with Crippen LogP contribution in [0.1, 0.15) is 69.9 Å². The third-order valence-electron chi connectivity index (χ3n) is 6.46. The van der Waals surface area contributed by atoms with Crippen LogP contribution in [0.5, 0.6) is 0 Å². The van der Waals surface area contributed by atoms with Gasteiger partial charge < -0.3 is 5.73 Å². The molecule has 2 N–H and O–H groups in total. The lowest BCUT2D eigenvalue weighted by Crippen LogP contribution is -2.42. The van der Waals surface area contributed by atoms with Gasteiger partial charge in [-0.15, -0.1) is 0 Å². The Bertz CT molecular complexity index is 579. The second-order valence-electron chi connectivity index (χ2n) is 7.29. The smallest absolute Gasteiger partial charge is 0.139 e. The highest BCUT2D eigenvalue weighted by molar-refractivity contribution is 5.87. The van der Waals surface area contributed by atoms with Gasteiger partial charge in [0.1, 0.15) is 5.78 Å². The van der Waals surface area contributed by atoms with Crippen molar-refractivity contribution in [3.05, 3.63) is 29.3 Å². The molecule has 3 aliphatic carbocycles. The molecule has 2 saturated carbocycles. The average Bonchev–Trinajstić information content (AvgIpc) is 2.84. The summed E-state index contributed by atoms with van der Waals surface area (Å²) in [4.78, 5) is 12.3. The lowest BCUT2D eigenvalue weighted by atomic mass is 9.55. The second kappa shape index (κ2) is 5.72. The van der Waals surface area contributed by atoms with Crippen molar-refractivity contribution in [1.82, 2.24) is 0 Å². The summed E-state index contributed by atoms with van der Waals surface area (Å²) < 4.78 is 0. The quantitative estimate of drug-likeness (QED) is 0.704. The number of carbonyl (C=O) groups excluding carboxylic acids is 1. The molecule has 4 unspecified atom stereocenters. The summed E-state index contributed by atoms with van der Waals surface area (Å²) in [5, 5.41) is 0. The van der Waals surface area contributed by atoms with E-state index in [0.29, 0.717) is 17.6 Å². The molecular weight excluding hydrogens is 270 g/mol. The number of hydrogen-bond donors (Lipinski definition) is 1. The van der Waals surface area contributed by atoms with Crippen LogP contribution < -0.4 is 5.73 Å². The molecule has 0 amide bonds. The number of ketones is 1. The van der Waals surface area contributed by atoms with Gasteiger partial charge in [-0.25, -0.2) is 0 Å². The summed E-state index contributed by atoms with van der Waals surface area (Å²) in [6, 6.07) is 6.47. The summed E-state index contributed by atoms with van der Waals surface area (Å²) in [6.45, 7) is 6.24. The van der Waals surface area contributed by atoms with Crippen molar-refractivity contribution < 1.29 is 4.79 Å². The Hall–Kier alpha value is -1.31. The Morgan fingerprint density at radius 1 is 1.14 bits per heavy atom. The van der Waals surface area contributed by atoms with Gasteiger partial charge in [0.25, 0.3) is 0 Å². The molecule has 0 aliphatic heterocycles. The number of hydrogen-bond acceptors (Lipinski definition) is 2. The van der Waals surface area contributed by atoms with Gasteiger partial charge >= 0.3 is 0 Å². The molecule has 0 spiro atoms. The fourth-order valence-electron chi connectivity index (χ4n) is 5.37. The fraction of sp³-hybridized carbons (Fsp3) is 0.650. The molecule has 0 heterocycles. The third kappa shape index (κ3) is 2.19. The summed E-state index contributed by atoms with van der Waals surface area (Å²) in [6.07, 6.45) is 6.60. The number of fused-ring (bicyclic) bond motifs is 5. The molecule has 1 aromatic rings. The Kier molecular flexibility index (Phi) is 4.05. The Morgan fingerprint density at radius 2 is 1.91 bits per heavy atom. The van der Waals surface area contributed by atoms with Crippen LogP contribution in [-0.4, -0.2) is 5.78 Å². The number of Topliss-reactive ketones (excluding diaryl/α,β-unsaturated/α-hetero) is 1. The number of rotatable bonds is 0. The lowest BCUT2D eigenvalue weighted by Gasteiger charge is -2.48. The van der Waals surface area contributed by atoms with Crippen LogP contribution >= 0.6 is 0 Å². The van der Waals surface area contributed by atoms with Crippen molar-refractivity contribution in [2.75, 3.05) is 5.73 Å². The minimum absolute atomic E-state index is 0.00746. The standard InChI is InChI=1S/C18H23NO.C2H6/c1-18-9-8-14-13-5-3-12(19)10-11(13)2-4-15(14)16(18)6-7-17(18)20;1-2/h3,5,10,14-16H,2,4,6-9,19H2,1H3;1-2H3. The van der Waals surface area contributed by atoms with E-state index in [1.54, 1.807) is 0 Å². The highest BCUT2D eigenvalue weighted by atomic mass is 16.1. The Balaban J connectivity index is 0.000000693. The minimum Gasteiger partial charge on any atom is -0.399 e. The third-order valence-corrected chi connectivity index (χ3v) is 6.46. The molecule has 4 rings (SSSR count). The van der Waals surface area contributed by atoms with E-state index in [0.717, 1.165) is 37.3 Å². The van der Waals surface area contributed by atoms with E-state index in [2.05, 4.69) is 25.1 Å². The Morgan fingerprint density at radius 3 is 2.68 bits per heavy atom. The molecule has 1 aromatic carbocycles. The predicted octanol–water partition coefficient (Wildman–Crippen LogP) is 4.72. The zero-order chi connectivity index (χ0) is 15.9. The first-order valence-corrected chi connectivity index (χ1v) is 9.01. The SMILES string of the molecule is CC.CC12CCC3c4ccc(N)cc4CCC3C1CCC2=O. The number of nitrogen functional groups attached to an aromatic ring is 1. The maximum atomic E-state index is 12.3. The van der Waals surface area contributed by atoms with Crippen molar-refractivity contribution in [3.8, 4) is 0 Å². The van der Waals surface area contributed by atoms with Crippen LogP contribution in [0.2, 0.25) is 0 Å². The van der Waals surface area contributed by atoms with Crippen LogP contribution in [0.25, 0.3) is 0 Å². The molecule has 0 aromatic heterocycles. The first kappa shape index (κ1) is 15.6. The Labute approximate surface area is 134 Å². The molecule has 0 saturated heterocycles. The zero-order valence-electron chi connectivity index (χ0n) is 14.2. The van der Waals surface area contributed by atoms with Gasteiger partial charge in [0, 0.05) is 17.5 Å². The summed E-state index contributed by atoms with van der Waals surface area (Å²) in [5.41, 5.74) is 9.79. The van der Waals surface area contributed by atoms with Crippen LogP contribution in [0, 0.1) is 17.3 Å². The number of aryl methyl sites for hydroxylation is 1. The molecule has 120 valence electrons. The van der Waals surface area contributed by atoms with Crippen LogP contribution in [0.4, 0.5) is 5.69 Å². The van der Waals surface area contributed by atoms with E-state index in [1.807, 2.05) is 13.8 Å². The molecule has 2 nitrogen and oxygen atoms in total. The highest BCUT2D eigenvalue weighted by Gasteiger charge is 2.54. The summed E-state index contributed by atoms with van der Waals surface area (Å²) in [5.74, 6) is 2.54. The molecule has 2 heteroatoms. The van der Waals surface area contributed by atoms with Crippen LogP contribution in [-0.2, 0) is 11.2 Å². The molecule has 2 fully saturated rings. The largest absolute Gasteiger partial charge is 0.399 e. The first-order chi connectivity index (χ1) is 10.6. The van der Waals surface area contributed by atoms with Crippen LogP contribution in [0.3, 0.4) is 0 Å². The van der Waals surface area contributed by atoms with Crippen molar-refractivity contribution in [2.45, 2.75) is 65.2 Å². The fourth-order valence-corrected chi connectivity index (χ4v) is 5.37. The summed E-state index contributed by atoms with van der Waals surface area (Å²) in [7, 11) is 0. The monoisotopic (exact) mass is 299 g/mol. The molecule has 22 heavy (non-hydrogen) atoms. The van der Waals surface area contributed by atoms with E-state index in [1.165, 1.54) is 24.0 Å². The normalized spacial score (nSPS) is 35.8. The molecular formula is C20H29NO. The van der Waals surface area contributed by atoms with Crippen LogP contribution in [0.15, 0.2) is 18.2 Å². The maximum absolute atomic E-state index is 12.3. The van der Waals surface area contributed by atoms with Crippen molar-refractivity contribution in [2.24, 2.45) is 17.3 Å². The van der Waals surface area contributed by atoms with Gasteiger partial charge in [-0.05, 0) is 73.1 Å². The number of benzene rings is 1. The molecule has 0 bridgehead atoms. The summed E-state index contributed by atoms with van der Waals surface area (Å²) >= 11 is 0. The molecule has 4 atom stereocenters. The number of anilines is 1. The van der Waals surface area contributed by atoms with Gasteiger partial charge in [-0.3, -0.25) is 4.79 Å². The van der Waals surface area contributed by atoms with E-state index in [-0.39, 0.29) is 5.41 Å². The number of carbonyl (C=O) groups is 1. The van der Waals surface area contributed by atoms with Crippen molar-refractivity contribution >= 4 is 11.5 Å². The highest BCUT2D eigenvalue weighted by Crippen LogP contribution is 2.59. The number of nitrogens with two attached hydrogens (primary N) is 1. The molecule has 3 aliphatic rings. The lowest BCUT2D eigenvalue weighted by molar-refractivity contribution is -0.129. The minimum atomic E-state index is -0.00746. The van der Waals surface area contributed by atoms with E-state index >= 15 is 0 Å².